The van der Waals surface area contributed by atoms with E-state index in [1.54, 1.807) is 0 Å². The van der Waals surface area contributed by atoms with Crippen LogP contribution in [0.5, 0.6) is 0 Å². The summed E-state index contributed by atoms with van der Waals surface area (Å²) in [4.78, 5) is 0. The highest BCUT2D eigenvalue weighted by molar-refractivity contribution is 4.93. The molecule has 1 aliphatic rings. The summed E-state index contributed by atoms with van der Waals surface area (Å²) in [6.45, 7) is 9.06. The molecule has 0 amide bonds. The lowest BCUT2D eigenvalue weighted by Crippen LogP contribution is -2.45. The third-order valence-corrected chi connectivity index (χ3v) is 4.38. The Morgan fingerprint density at radius 1 is 1.25 bits per heavy atom. The average Bonchev–Trinajstić information content (AvgIpc) is 2.16. The van der Waals surface area contributed by atoms with Crippen molar-refractivity contribution in [3.05, 3.63) is 0 Å². The number of rotatable bonds is 5. The van der Waals surface area contributed by atoms with Gasteiger partial charge in [-0.1, -0.05) is 53.4 Å². The van der Waals surface area contributed by atoms with E-state index in [2.05, 4.69) is 27.7 Å². The van der Waals surface area contributed by atoms with Gasteiger partial charge in [0.1, 0.15) is 0 Å². The van der Waals surface area contributed by atoms with Crippen molar-refractivity contribution in [3.8, 4) is 0 Å². The first-order chi connectivity index (χ1) is 7.49. The van der Waals surface area contributed by atoms with Crippen LogP contribution in [0.15, 0.2) is 0 Å². The molecule has 1 N–H and O–H groups in total. The normalized spacial score (nSPS) is 35.6. The van der Waals surface area contributed by atoms with Gasteiger partial charge in [-0.3, -0.25) is 0 Å². The van der Waals surface area contributed by atoms with Crippen molar-refractivity contribution in [2.45, 2.75) is 78.2 Å². The zero-order valence-electron chi connectivity index (χ0n) is 11.6. The Kier molecular flexibility index (Phi) is 5.30. The highest BCUT2D eigenvalue weighted by Gasteiger charge is 2.41. The third kappa shape index (κ3) is 3.48. The van der Waals surface area contributed by atoms with Gasteiger partial charge in [0, 0.05) is 0 Å². The Labute approximate surface area is 102 Å². The maximum Gasteiger partial charge on any atom is 0.0680 e. The second kappa shape index (κ2) is 6.05. The molecule has 1 rings (SSSR count). The fourth-order valence-electron chi connectivity index (χ4n) is 3.51. The Bertz CT molecular complexity index is 200. The minimum absolute atomic E-state index is 0.360. The van der Waals surface area contributed by atoms with Crippen molar-refractivity contribution in [3.63, 3.8) is 0 Å². The summed E-state index contributed by atoms with van der Waals surface area (Å²) in [5, 5.41) is 10.9. The molecule has 16 heavy (non-hydrogen) atoms. The fraction of sp³-hybridized carbons (Fsp3) is 1.00. The summed E-state index contributed by atoms with van der Waals surface area (Å²) in [6.07, 6.45) is 8.29. The molecule has 0 radical (unpaired) electrons. The minimum atomic E-state index is -0.360. The highest BCUT2D eigenvalue weighted by atomic mass is 16.3. The molecule has 1 fully saturated rings. The summed E-state index contributed by atoms with van der Waals surface area (Å²) in [6, 6.07) is 0. The third-order valence-electron chi connectivity index (χ3n) is 4.38. The molecular weight excluding hydrogens is 196 g/mol. The van der Waals surface area contributed by atoms with Crippen LogP contribution in [0.3, 0.4) is 0 Å². The maximum absolute atomic E-state index is 10.9. The van der Waals surface area contributed by atoms with E-state index in [4.69, 9.17) is 0 Å². The maximum atomic E-state index is 10.9. The van der Waals surface area contributed by atoms with Crippen molar-refractivity contribution in [1.29, 1.82) is 0 Å². The predicted octanol–water partition coefficient (Wildman–Crippen LogP) is 4.39. The predicted molar refractivity (Wildman–Crippen MR) is 70.4 cm³/mol. The molecule has 3 unspecified atom stereocenters. The molecule has 0 heterocycles. The second-order valence-electron chi connectivity index (χ2n) is 6.30. The molecule has 1 heteroatoms. The van der Waals surface area contributed by atoms with Crippen LogP contribution < -0.4 is 0 Å². The van der Waals surface area contributed by atoms with Gasteiger partial charge >= 0.3 is 0 Å². The van der Waals surface area contributed by atoms with Crippen LogP contribution in [0, 0.1) is 17.8 Å². The zero-order valence-corrected chi connectivity index (χ0v) is 11.6. The van der Waals surface area contributed by atoms with Crippen LogP contribution in [-0.2, 0) is 0 Å². The monoisotopic (exact) mass is 226 g/mol. The van der Waals surface area contributed by atoms with Crippen molar-refractivity contribution >= 4 is 0 Å². The largest absolute Gasteiger partial charge is 0.390 e. The number of hydrogen-bond donors (Lipinski definition) is 1. The molecule has 0 bridgehead atoms. The van der Waals surface area contributed by atoms with Gasteiger partial charge in [0.05, 0.1) is 5.60 Å². The molecule has 96 valence electrons. The van der Waals surface area contributed by atoms with E-state index >= 15 is 0 Å². The van der Waals surface area contributed by atoms with E-state index in [0.717, 1.165) is 12.8 Å². The molecule has 0 aromatic heterocycles. The molecule has 0 aliphatic heterocycles. The van der Waals surface area contributed by atoms with Gasteiger partial charge in [-0.05, 0) is 37.0 Å². The number of unbranched alkanes of at least 4 members (excludes halogenated alkanes) is 2. The standard InChI is InChI=1S/C15H30O/c1-5-6-7-10-15(16)11-13(4)8-9-14(15)12(2)3/h12-14,16H,5-11H2,1-4H3. The summed E-state index contributed by atoms with van der Waals surface area (Å²) in [5.74, 6) is 1.86. The van der Waals surface area contributed by atoms with Crippen molar-refractivity contribution < 1.29 is 5.11 Å². The first-order valence-electron chi connectivity index (χ1n) is 7.22. The first kappa shape index (κ1) is 14.0. The average molecular weight is 226 g/mol. The van der Waals surface area contributed by atoms with Gasteiger partial charge in [-0.25, -0.2) is 0 Å². The van der Waals surface area contributed by atoms with Crippen LogP contribution >= 0.6 is 0 Å². The summed E-state index contributed by atoms with van der Waals surface area (Å²) in [7, 11) is 0. The minimum Gasteiger partial charge on any atom is -0.390 e. The Morgan fingerprint density at radius 2 is 1.94 bits per heavy atom. The van der Waals surface area contributed by atoms with E-state index in [1.165, 1.54) is 32.1 Å². The van der Waals surface area contributed by atoms with Crippen LogP contribution in [0.4, 0.5) is 0 Å². The highest BCUT2D eigenvalue weighted by Crippen LogP contribution is 2.43. The molecule has 0 spiro atoms. The fourth-order valence-corrected chi connectivity index (χ4v) is 3.51. The molecule has 1 nitrogen and oxygen atoms in total. The van der Waals surface area contributed by atoms with Crippen molar-refractivity contribution in [1.82, 2.24) is 0 Å². The first-order valence-corrected chi connectivity index (χ1v) is 7.22. The SMILES string of the molecule is CCCCCC1(O)CC(C)CCC1C(C)C. The van der Waals surface area contributed by atoms with Crippen LogP contribution in [0.25, 0.3) is 0 Å². The van der Waals surface area contributed by atoms with Gasteiger partial charge < -0.3 is 5.11 Å². The second-order valence-corrected chi connectivity index (χ2v) is 6.30. The van der Waals surface area contributed by atoms with Gasteiger partial charge in [0.2, 0.25) is 0 Å². The zero-order chi connectivity index (χ0) is 12.2. The van der Waals surface area contributed by atoms with E-state index in [1.807, 2.05) is 0 Å². The topological polar surface area (TPSA) is 20.2 Å². The van der Waals surface area contributed by atoms with E-state index in [0.29, 0.717) is 17.8 Å². The van der Waals surface area contributed by atoms with Gasteiger partial charge in [0.25, 0.3) is 0 Å². The Balaban J connectivity index is 2.60. The lowest BCUT2D eigenvalue weighted by molar-refractivity contribution is -0.0871. The lowest BCUT2D eigenvalue weighted by Gasteiger charge is -2.45. The van der Waals surface area contributed by atoms with E-state index < -0.39 is 0 Å². The van der Waals surface area contributed by atoms with E-state index in [9.17, 15) is 5.11 Å². The van der Waals surface area contributed by atoms with Gasteiger partial charge in [-0.15, -0.1) is 0 Å². The van der Waals surface area contributed by atoms with Crippen LogP contribution in [-0.4, -0.2) is 10.7 Å². The summed E-state index contributed by atoms with van der Waals surface area (Å²) >= 11 is 0. The Morgan fingerprint density at radius 3 is 2.50 bits per heavy atom. The summed E-state index contributed by atoms with van der Waals surface area (Å²) in [5.41, 5.74) is -0.360. The molecular formula is C15H30O. The van der Waals surface area contributed by atoms with Gasteiger partial charge in [-0.2, -0.15) is 0 Å². The number of aliphatic hydroxyl groups is 1. The molecule has 0 saturated heterocycles. The summed E-state index contributed by atoms with van der Waals surface area (Å²) < 4.78 is 0. The van der Waals surface area contributed by atoms with Crippen LogP contribution in [0.1, 0.15) is 72.6 Å². The molecule has 3 atom stereocenters. The smallest absolute Gasteiger partial charge is 0.0680 e. The number of hydrogen-bond acceptors (Lipinski definition) is 1. The van der Waals surface area contributed by atoms with Crippen molar-refractivity contribution in [2.24, 2.45) is 17.8 Å². The lowest BCUT2D eigenvalue weighted by atomic mass is 9.65. The molecule has 0 aromatic rings. The quantitative estimate of drug-likeness (QED) is 0.689. The van der Waals surface area contributed by atoms with Crippen LogP contribution in [0.2, 0.25) is 0 Å². The van der Waals surface area contributed by atoms with E-state index in [-0.39, 0.29) is 5.60 Å². The Hall–Kier alpha value is -0.0400. The van der Waals surface area contributed by atoms with Crippen molar-refractivity contribution in [2.75, 3.05) is 0 Å². The van der Waals surface area contributed by atoms with Gasteiger partial charge in [0.15, 0.2) is 0 Å². The molecule has 0 aromatic carbocycles. The molecule has 1 saturated carbocycles. The molecule has 1 aliphatic carbocycles.